The number of ether oxygens (including phenoxy) is 1. The first-order valence-corrected chi connectivity index (χ1v) is 5.71. The Morgan fingerprint density at radius 1 is 1.44 bits per heavy atom. The van der Waals surface area contributed by atoms with Crippen LogP contribution < -0.4 is 5.32 Å². The zero-order chi connectivity index (χ0) is 12.1. The standard InChI is InChI=1S/C11H20N2O3/c1-4-16-11(15)13-6-8(2)5-10(7-13)12-9(3)14/h8,10H,4-7H2,1-3H3,(H,12,14). The lowest BCUT2D eigenvalue weighted by Gasteiger charge is -2.35. The van der Waals surface area contributed by atoms with Crippen LogP contribution in [-0.2, 0) is 9.53 Å². The molecule has 0 spiro atoms. The Balaban J connectivity index is 2.53. The number of carbonyl (C=O) groups excluding carboxylic acids is 2. The summed E-state index contributed by atoms with van der Waals surface area (Å²) in [4.78, 5) is 24.2. The second kappa shape index (κ2) is 5.72. The molecule has 0 aromatic carbocycles. The largest absolute Gasteiger partial charge is 0.450 e. The van der Waals surface area contributed by atoms with Gasteiger partial charge in [-0.25, -0.2) is 4.79 Å². The number of likely N-dealkylation sites (tertiary alicyclic amines) is 1. The first-order chi connectivity index (χ1) is 7.52. The van der Waals surface area contributed by atoms with Crippen molar-refractivity contribution in [1.29, 1.82) is 0 Å². The van der Waals surface area contributed by atoms with Crippen LogP contribution in [0.5, 0.6) is 0 Å². The molecule has 0 aromatic heterocycles. The summed E-state index contributed by atoms with van der Waals surface area (Å²) in [7, 11) is 0. The molecule has 5 heteroatoms. The average Bonchev–Trinajstić information content (AvgIpc) is 2.15. The Morgan fingerprint density at radius 3 is 2.69 bits per heavy atom. The zero-order valence-electron chi connectivity index (χ0n) is 10.2. The molecule has 0 saturated carbocycles. The predicted molar refractivity (Wildman–Crippen MR) is 60.0 cm³/mol. The van der Waals surface area contributed by atoms with Crippen LogP contribution in [0.2, 0.25) is 0 Å². The van der Waals surface area contributed by atoms with Gasteiger partial charge in [0.15, 0.2) is 0 Å². The summed E-state index contributed by atoms with van der Waals surface area (Å²) in [6.45, 7) is 6.98. The van der Waals surface area contributed by atoms with E-state index < -0.39 is 0 Å². The monoisotopic (exact) mass is 228 g/mol. The number of nitrogens with one attached hydrogen (secondary N) is 1. The van der Waals surface area contributed by atoms with Crippen LogP contribution in [0.25, 0.3) is 0 Å². The van der Waals surface area contributed by atoms with Crippen molar-refractivity contribution in [3.05, 3.63) is 0 Å². The minimum Gasteiger partial charge on any atom is -0.450 e. The number of rotatable bonds is 2. The quantitative estimate of drug-likeness (QED) is 0.766. The lowest BCUT2D eigenvalue weighted by molar-refractivity contribution is -0.120. The third kappa shape index (κ3) is 3.72. The van der Waals surface area contributed by atoms with Gasteiger partial charge in [0.05, 0.1) is 6.61 Å². The van der Waals surface area contributed by atoms with E-state index >= 15 is 0 Å². The van der Waals surface area contributed by atoms with E-state index in [0.29, 0.717) is 25.6 Å². The Kier molecular flexibility index (Phi) is 4.58. The molecule has 0 bridgehead atoms. The molecule has 2 atom stereocenters. The minimum absolute atomic E-state index is 0.0469. The Bertz CT molecular complexity index is 268. The highest BCUT2D eigenvalue weighted by atomic mass is 16.6. The third-order valence-corrected chi connectivity index (χ3v) is 2.59. The lowest BCUT2D eigenvalue weighted by Crippen LogP contribution is -2.51. The molecule has 0 aromatic rings. The van der Waals surface area contributed by atoms with Gasteiger partial charge in [0.25, 0.3) is 0 Å². The maximum atomic E-state index is 11.6. The van der Waals surface area contributed by atoms with E-state index in [0.717, 1.165) is 6.42 Å². The SMILES string of the molecule is CCOC(=O)N1CC(C)CC(NC(C)=O)C1. The summed E-state index contributed by atoms with van der Waals surface area (Å²) in [5, 5.41) is 2.85. The molecule has 92 valence electrons. The van der Waals surface area contributed by atoms with Crippen molar-refractivity contribution in [2.24, 2.45) is 5.92 Å². The maximum absolute atomic E-state index is 11.6. The molecule has 0 radical (unpaired) electrons. The van der Waals surface area contributed by atoms with Gasteiger partial charge in [-0.1, -0.05) is 6.92 Å². The summed E-state index contributed by atoms with van der Waals surface area (Å²) >= 11 is 0. The second-order valence-corrected chi connectivity index (χ2v) is 4.34. The molecule has 2 amide bonds. The topological polar surface area (TPSA) is 58.6 Å². The number of hydrogen-bond donors (Lipinski definition) is 1. The lowest BCUT2D eigenvalue weighted by atomic mass is 9.96. The Labute approximate surface area is 96.1 Å². The fourth-order valence-electron chi connectivity index (χ4n) is 2.11. The highest BCUT2D eigenvalue weighted by Crippen LogP contribution is 2.17. The van der Waals surface area contributed by atoms with E-state index in [1.807, 2.05) is 0 Å². The number of carbonyl (C=O) groups is 2. The van der Waals surface area contributed by atoms with Gasteiger partial charge < -0.3 is 15.0 Å². The molecule has 1 saturated heterocycles. The van der Waals surface area contributed by atoms with Crippen molar-refractivity contribution in [2.75, 3.05) is 19.7 Å². The summed E-state index contributed by atoms with van der Waals surface area (Å²) in [6.07, 6.45) is 0.625. The van der Waals surface area contributed by atoms with E-state index in [1.54, 1.807) is 11.8 Å². The van der Waals surface area contributed by atoms with Gasteiger partial charge in [0.2, 0.25) is 5.91 Å². The van der Waals surface area contributed by atoms with Crippen LogP contribution in [0.4, 0.5) is 4.79 Å². The summed E-state index contributed by atoms with van der Waals surface area (Å²) < 4.78 is 4.96. The molecule has 1 fully saturated rings. The Morgan fingerprint density at radius 2 is 2.12 bits per heavy atom. The van der Waals surface area contributed by atoms with Crippen molar-refractivity contribution in [3.63, 3.8) is 0 Å². The van der Waals surface area contributed by atoms with Crippen LogP contribution >= 0.6 is 0 Å². The number of amides is 2. The van der Waals surface area contributed by atoms with Crippen LogP contribution in [0.15, 0.2) is 0 Å². The molecule has 1 N–H and O–H groups in total. The van der Waals surface area contributed by atoms with Crippen molar-refractivity contribution >= 4 is 12.0 Å². The summed E-state index contributed by atoms with van der Waals surface area (Å²) in [5.41, 5.74) is 0. The van der Waals surface area contributed by atoms with Crippen LogP contribution in [0.3, 0.4) is 0 Å². The molecule has 5 nitrogen and oxygen atoms in total. The van der Waals surface area contributed by atoms with Gasteiger partial charge in [-0.3, -0.25) is 4.79 Å². The molecule has 1 rings (SSSR count). The second-order valence-electron chi connectivity index (χ2n) is 4.34. The highest BCUT2D eigenvalue weighted by molar-refractivity contribution is 5.73. The van der Waals surface area contributed by atoms with Crippen LogP contribution in [0.1, 0.15) is 27.2 Å². The van der Waals surface area contributed by atoms with Crippen LogP contribution in [-0.4, -0.2) is 42.6 Å². The fourth-order valence-corrected chi connectivity index (χ4v) is 2.11. The molecule has 1 heterocycles. The van der Waals surface area contributed by atoms with E-state index in [1.165, 1.54) is 6.92 Å². The fraction of sp³-hybridized carbons (Fsp3) is 0.818. The molecular weight excluding hydrogens is 208 g/mol. The third-order valence-electron chi connectivity index (χ3n) is 2.59. The maximum Gasteiger partial charge on any atom is 0.409 e. The summed E-state index contributed by atoms with van der Waals surface area (Å²) in [6, 6.07) is 0.0469. The number of piperidine rings is 1. The summed E-state index contributed by atoms with van der Waals surface area (Å²) in [5.74, 6) is 0.331. The van der Waals surface area contributed by atoms with Gasteiger partial charge in [0.1, 0.15) is 0 Å². The molecular formula is C11H20N2O3. The minimum atomic E-state index is -0.288. The van der Waals surface area contributed by atoms with Gasteiger partial charge in [-0.15, -0.1) is 0 Å². The van der Waals surface area contributed by atoms with Crippen molar-refractivity contribution in [1.82, 2.24) is 10.2 Å². The highest BCUT2D eigenvalue weighted by Gasteiger charge is 2.28. The van der Waals surface area contributed by atoms with Gasteiger partial charge in [0, 0.05) is 26.1 Å². The van der Waals surface area contributed by atoms with E-state index in [-0.39, 0.29) is 18.0 Å². The molecule has 1 aliphatic rings. The van der Waals surface area contributed by atoms with Gasteiger partial charge in [-0.05, 0) is 19.3 Å². The first kappa shape index (κ1) is 12.8. The van der Waals surface area contributed by atoms with Crippen molar-refractivity contribution < 1.29 is 14.3 Å². The van der Waals surface area contributed by atoms with Crippen LogP contribution in [0, 0.1) is 5.92 Å². The van der Waals surface area contributed by atoms with Gasteiger partial charge >= 0.3 is 6.09 Å². The number of nitrogens with zero attached hydrogens (tertiary/aromatic N) is 1. The Hall–Kier alpha value is -1.26. The average molecular weight is 228 g/mol. The molecule has 16 heavy (non-hydrogen) atoms. The van der Waals surface area contributed by atoms with E-state index in [2.05, 4.69) is 12.2 Å². The smallest absolute Gasteiger partial charge is 0.409 e. The molecule has 0 aliphatic carbocycles. The zero-order valence-corrected chi connectivity index (χ0v) is 10.2. The number of hydrogen-bond acceptors (Lipinski definition) is 3. The van der Waals surface area contributed by atoms with E-state index in [9.17, 15) is 9.59 Å². The normalized spacial score (nSPS) is 25.1. The van der Waals surface area contributed by atoms with Gasteiger partial charge in [-0.2, -0.15) is 0 Å². The van der Waals surface area contributed by atoms with E-state index in [4.69, 9.17) is 4.74 Å². The predicted octanol–water partition coefficient (Wildman–Crippen LogP) is 0.989. The first-order valence-electron chi connectivity index (χ1n) is 5.71. The molecule has 2 unspecified atom stereocenters. The molecule has 1 aliphatic heterocycles. The van der Waals surface area contributed by atoms with Crippen molar-refractivity contribution in [3.8, 4) is 0 Å². The van der Waals surface area contributed by atoms with Crippen molar-refractivity contribution in [2.45, 2.75) is 33.2 Å².